The number of benzene rings is 2. The summed E-state index contributed by atoms with van der Waals surface area (Å²) in [6.07, 6.45) is 1.84. The van der Waals surface area contributed by atoms with Crippen molar-refractivity contribution >= 4 is 39.7 Å². The molecule has 1 amide bonds. The number of aromatic nitrogens is 4. The Labute approximate surface area is 186 Å². The molecule has 4 rings (SSSR count). The number of hydrogen-bond donors (Lipinski definition) is 1. The first-order chi connectivity index (χ1) is 15.1. The van der Waals surface area contributed by atoms with E-state index in [2.05, 4.69) is 45.2 Å². The molecule has 31 heavy (non-hydrogen) atoms. The fraction of sp³-hybridized carbons (Fsp3) is 0.333. The third-order valence-corrected chi connectivity index (χ3v) is 6.37. The maximum absolute atomic E-state index is 12.7. The molecule has 2 aromatic heterocycles. The zero-order chi connectivity index (χ0) is 21.8. The normalized spacial score (nSPS) is 13.4. The van der Waals surface area contributed by atoms with Gasteiger partial charge in [0.25, 0.3) is 0 Å². The molecule has 2 atom stereocenters. The molecule has 2 heterocycles. The summed E-state index contributed by atoms with van der Waals surface area (Å²) in [4.78, 5) is 17.4. The summed E-state index contributed by atoms with van der Waals surface area (Å²) in [6.45, 7) is 6.81. The van der Waals surface area contributed by atoms with Gasteiger partial charge in [0, 0.05) is 18.0 Å². The number of hydrogen-bond acceptors (Lipinski definition) is 5. The van der Waals surface area contributed by atoms with Crippen LogP contribution in [0.4, 0.5) is 0 Å². The van der Waals surface area contributed by atoms with Crippen LogP contribution in [0, 0.1) is 0 Å². The first-order valence-corrected chi connectivity index (χ1v) is 11.6. The highest BCUT2D eigenvalue weighted by Gasteiger charge is 2.20. The molecule has 2 unspecified atom stereocenters. The molecule has 160 valence electrons. The monoisotopic (exact) mass is 433 g/mol. The van der Waals surface area contributed by atoms with Crippen molar-refractivity contribution in [2.45, 2.75) is 56.6 Å². The Morgan fingerprint density at radius 2 is 1.81 bits per heavy atom. The quantitative estimate of drug-likeness (QED) is 0.411. The van der Waals surface area contributed by atoms with Crippen molar-refractivity contribution in [3.05, 3.63) is 60.2 Å². The van der Waals surface area contributed by atoms with Crippen LogP contribution < -0.4 is 5.32 Å². The molecular formula is C24H27N5OS. The van der Waals surface area contributed by atoms with Crippen molar-refractivity contribution in [1.29, 1.82) is 0 Å². The van der Waals surface area contributed by atoms with Crippen LogP contribution in [-0.4, -0.2) is 36.9 Å². The molecule has 0 radical (unpaired) electrons. The van der Waals surface area contributed by atoms with Gasteiger partial charge in [0.05, 0.1) is 10.8 Å². The van der Waals surface area contributed by atoms with Gasteiger partial charge in [0.15, 0.2) is 5.65 Å². The van der Waals surface area contributed by atoms with Crippen LogP contribution in [0.25, 0.3) is 22.1 Å². The average molecular weight is 434 g/mol. The first kappa shape index (κ1) is 21.3. The number of amides is 1. The molecular weight excluding hydrogens is 406 g/mol. The lowest BCUT2D eigenvalue weighted by molar-refractivity contribution is -0.120. The van der Waals surface area contributed by atoms with Gasteiger partial charge in [-0.05, 0) is 45.2 Å². The minimum atomic E-state index is -0.308. The minimum Gasteiger partial charge on any atom is -0.353 e. The smallest absolute Gasteiger partial charge is 0.233 e. The number of thioether (sulfide) groups is 1. The Balaban J connectivity index is 1.42. The summed E-state index contributed by atoms with van der Waals surface area (Å²) in [5.74, 6) is -0.00899. The van der Waals surface area contributed by atoms with Gasteiger partial charge < -0.3 is 9.88 Å². The zero-order valence-corrected chi connectivity index (χ0v) is 18.9. The number of carbonyl (C=O) groups is 1. The van der Waals surface area contributed by atoms with E-state index in [4.69, 9.17) is 4.98 Å². The second kappa shape index (κ2) is 9.47. The van der Waals surface area contributed by atoms with Crippen LogP contribution in [0.1, 0.15) is 32.8 Å². The molecule has 0 aliphatic rings. The van der Waals surface area contributed by atoms with Gasteiger partial charge in [-0.15, -0.1) is 10.2 Å². The summed E-state index contributed by atoms with van der Waals surface area (Å²) in [5, 5.41) is 13.1. The number of aryl methyl sites for hydroxylation is 2. The van der Waals surface area contributed by atoms with Crippen LogP contribution in [0.2, 0.25) is 0 Å². The van der Waals surface area contributed by atoms with Gasteiger partial charge in [-0.1, -0.05) is 60.3 Å². The van der Waals surface area contributed by atoms with Gasteiger partial charge in [-0.3, -0.25) is 4.79 Å². The zero-order valence-electron chi connectivity index (χ0n) is 18.1. The summed E-state index contributed by atoms with van der Waals surface area (Å²) in [6, 6.07) is 18.6. The maximum Gasteiger partial charge on any atom is 0.233 e. The van der Waals surface area contributed by atoms with Gasteiger partial charge >= 0.3 is 0 Å². The van der Waals surface area contributed by atoms with Gasteiger partial charge in [-0.2, -0.15) is 0 Å². The molecule has 0 aliphatic carbocycles. The molecule has 0 spiro atoms. The van der Waals surface area contributed by atoms with E-state index in [0.717, 1.165) is 41.5 Å². The van der Waals surface area contributed by atoms with Crippen LogP contribution in [0.15, 0.2) is 59.8 Å². The highest BCUT2D eigenvalue weighted by atomic mass is 32.2. The van der Waals surface area contributed by atoms with Crippen molar-refractivity contribution in [3.63, 3.8) is 0 Å². The van der Waals surface area contributed by atoms with Gasteiger partial charge in [0.2, 0.25) is 11.1 Å². The lowest BCUT2D eigenvalue weighted by Crippen LogP contribution is -2.38. The Bertz CT molecular complexity index is 1190. The van der Waals surface area contributed by atoms with Crippen LogP contribution in [-0.2, 0) is 17.8 Å². The van der Waals surface area contributed by atoms with E-state index >= 15 is 0 Å². The Morgan fingerprint density at radius 1 is 1.06 bits per heavy atom. The molecule has 0 aliphatic heterocycles. The van der Waals surface area contributed by atoms with Crippen molar-refractivity contribution < 1.29 is 4.79 Å². The van der Waals surface area contributed by atoms with Crippen molar-refractivity contribution in [2.24, 2.45) is 0 Å². The molecule has 0 saturated carbocycles. The molecule has 2 aromatic carbocycles. The molecule has 0 saturated heterocycles. The second-order valence-corrected chi connectivity index (χ2v) is 9.03. The van der Waals surface area contributed by atoms with E-state index in [1.165, 1.54) is 17.3 Å². The summed E-state index contributed by atoms with van der Waals surface area (Å²) >= 11 is 1.34. The molecule has 7 heteroatoms. The predicted molar refractivity (Wildman–Crippen MR) is 126 cm³/mol. The van der Waals surface area contributed by atoms with E-state index in [9.17, 15) is 4.79 Å². The molecule has 4 aromatic rings. The van der Waals surface area contributed by atoms with Gasteiger partial charge in [0.1, 0.15) is 5.52 Å². The largest absolute Gasteiger partial charge is 0.353 e. The lowest BCUT2D eigenvalue weighted by Gasteiger charge is -2.17. The Morgan fingerprint density at radius 3 is 2.58 bits per heavy atom. The predicted octanol–water partition coefficient (Wildman–Crippen LogP) is 4.62. The summed E-state index contributed by atoms with van der Waals surface area (Å²) < 4.78 is 2.14. The van der Waals surface area contributed by atoms with Crippen LogP contribution in [0.3, 0.4) is 0 Å². The molecule has 0 fully saturated rings. The van der Waals surface area contributed by atoms with Crippen LogP contribution >= 0.6 is 11.8 Å². The number of carbonyl (C=O) groups excluding carboxylic acids is 1. The lowest BCUT2D eigenvalue weighted by atomic mass is 10.1. The highest BCUT2D eigenvalue weighted by molar-refractivity contribution is 8.00. The summed E-state index contributed by atoms with van der Waals surface area (Å²) in [5.41, 5.74) is 3.99. The number of rotatable bonds is 8. The van der Waals surface area contributed by atoms with Crippen LogP contribution in [0.5, 0.6) is 0 Å². The van der Waals surface area contributed by atoms with E-state index < -0.39 is 0 Å². The minimum absolute atomic E-state index is 0.00899. The standard InChI is InChI=1S/C24H27N5OS/c1-4-29-20-13-9-8-12-19(20)21-22(29)26-24(28-27-21)31-17(3)23(30)25-16(2)14-15-18-10-6-5-7-11-18/h5-13,16-17H,4,14-15H2,1-3H3,(H,25,30). The third kappa shape index (κ3) is 4.71. The second-order valence-electron chi connectivity index (χ2n) is 7.72. The molecule has 0 bridgehead atoms. The highest BCUT2D eigenvalue weighted by Crippen LogP contribution is 2.28. The fourth-order valence-corrected chi connectivity index (χ4v) is 4.45. The van der Waals surface area contributed by atoms with E-state index in [1.54, 1.807) is 0 Å². The number of fused-ring (bicyclic) bond motifs is 3. The van der Waals surface area contributed by atoms with E-state index in [-0.39, 0.29) is 17.2 Å². The number of nitrogens with zero attached hydrogens (tertiary/aromatic N) is 4. The SMILES string of the molecule is CCn1c2ccccc2c2nnc(SC(C)C(=O)NC(C)CCc3ccccc3)nc21. The topological polar surface area (TPSA) is 72.7 Å². The Kier molecular flexibility index (Phi) is 6.51. The maximum atomic E-state index is 12.7. The van der Waals surface area contributed by atoms with E-state index in [0.29, 0.717) is 5.16 Å². The summed E-state index contributed by atoms with van der Waals surface area (Å²) in [7, 11) is 0. The van der Waals surface area contributed by atoms with Crippen molar-refractivity contribution in [3.8, 4) is 0 Å². The van der Waals surface area contributed by atoms with Crippen molar-refractivity contribution in [2.75, 3.05) is 0 Å². The number of para-hydroxylation sites is 1. The average Bonchev–Trinajstić information content (AvgIpc) is 3.11. The molecule has 6 nitrogen and oxygen atoms in total. The van der Waals surface area contributed by atoms with E-state index in [1.807, 2.05) is 50.2 Å². The van der Waals surface area contributed by atoms with Gasteiger partial charge in [-0.25, -0.2) is 4.98 Å². The third-order valence-electron chi connectivity index (χ3n) is 5.42. The number of nitrogens with one attached hydrogen (secondary N) is 1. The molecule has 1 N–H and O–H groups in total. The Hall–Kier alpha value is -2.93. The fourth-order valence-electron chi connectivity index (χ4n) is 3.73. The van der Waals surface area contributed by atoms with Crippen molar-refractivity contribution in [1.82, 2.24) is 25.1 Å². The first-order valence-electron chi connectivity index (χ1n) is 10.7.